The van der Waals surface area contributed by atoms with Crippen LogP contribution in [0.1, 0.15) is 5.56 Å². The van der Waals surface area contributed by atoms with Gasteiger partial charge in [0.25, 0.3) is 15.9 Å². The van der Waals surface area contributed by atoms with Crippen molar-refractivity contribution in [3.8, 4) is 17.0 Å². The Bertz CT molecular complexity index is 1220. The molecular formula is C19H16FN3O4S2. The first-order chi connectivity index (χ1) is 13.7. The highest BCUT2D eigenvalue weighted by Gasteiger charge is 2.23. The Morgan fingerprint density at radius 2 is 2.03 bits per heavy atom. The number of benzene rings is 2. The zero-order valence-corrected chi connectivity index (χ0v) is 17.1. The van der Waals surface area contributed by atoms with Crippen molar-refractivity contribution >= 4 is 38.1 Å². The van der Waals surface area contributed by atoms with E-state index >= 15 is 0 Å². The monoisotopic (exact) mass is 433 g/mol. The molecule has 1 N–H and O–H groups in total. The van der Waals surface area contributed by atoms with Crippen molar-refractivity contribution in [1.29, 1.82) is 0 Å². The topological polar surface area (TPSA) is 88.6 Å². The highest BCUT2D eigenvalue weighted by Crippen LogP contribution is 2.36. The van der Waals surface area contributed by atoms with Crippen molar-refractivity contribution < 1.29 is 22.3 Å². The lowest BCUT2D eigenvalue weighted by atomic mass is 10.1. The van der Waals surface area contributed by atoms with E-state index in [2.05, 4.69) is 9.71 Å². The molecule has 0 bridgehead atoms. The fraction of sp³-hybridized carbons (Fsp3) is 0.158. The van der Waals surface area contributed by atoms with Crippen LogP contribution in [-0.4, -0.2) is 33.0 Å². The number of fused-ring (bicyclic) bond motifs is 1. The van der Waals surface area contributed by atoms with Crippen LogP contribution in [0.25, 0.3) is 11.3 Å². The molecule has 0 unspecified atom stereocenters. The maximum atomic E-state index is 13.4. The molecule has 4 rings (SSSR count). The Labute approximate surface area is 170 Å². The number of sulfonamides is 1. The third-order valence-corrected chi connectivity index (χ3v) is 6.73. The third kappa shape index (κ3) is 3.68. The Balaban J connectivity index is 1.60. The maximum absolute atomic E-state index is 13.4. The first kappa shape index (κ1) is 19.3. The second kappa shape index (κ2) is 7.12. The molecular weight excluding hydrogens is 417 g/mol. The number of amides is 1. The molecule has 0 atom stereocenters. The predicted octanol–water partition coefficient (Wildman–Crippen LogP) is 3.41. The van der Waals surface area contributed by atoms with Gasteiger partial charge in [-0.05, 0) is 48.9 Å². The summed E-state index contributed by atoms with van der Waals surface area (Å²) in [4.78, 5) is 17.6. The number of carbonyl (C=O) groups excluding carboxylic acids is 1. The molecule has 10 heteroatoms. The van der Waals surface area contributed by atoms with Gasteiger partial charge in [0.15, 0.2) is 11.7 Å². The van der Waals surface area contributed by atoms with Gasteiger partial charge in [-0.25, -0.2) is 17.8 Å². The summed E-state index contributed by atoms with van der Waals surface area (Å²) >= 11 is 1.12. The summed E-state index contributed by atoms with van der Waals surface area (Å²) in [6.45, 7) is 1.49. The minimum atomic E-state index is -3.89. The summed E-state index contributed by atoms with van der Waals surface area (Å²) in [5.41, 5.74) is 2.13. The number of nitrogens with zero attached hydrogens (tertiary/aromatic N) is 2. The molecule has 7 nitrogen and oxygen atoms in total. The summed E-state index contributed by atoms with van der Waals surface area (Å²) in [7, 11) is -2.23. The molecule has 1 aliphatic heterocycles. The maximum Gasteiger partial charge on any atom is 0.264 e. The minimum Gasteiger partial charge on any atom is -0.482 e. The van der Waals surface area contributed by atoms with E-state index in [-0.39, 0.29) is 28.1 Å². The Morgan fingerprint density at radius 1 is 1.24 bits per heavy atom. The lowest BCUT2D eigenvalue weighted by molar-refractivity contribution is -0.120. The highest BCUT2D eigenvalue weighted by molar-refractivity contribution is 7.93. The summed E-state index contributed by atoms with van der Waals surface area (Å²) in [5, 5.41) is 1.89. The fourth-order valence-corrected chi connectivity index (χ4v) is 4.90. The van der Waals surface area contributed by atoms with Gasteiger partial charge in [0.2, 0.25) is 0 Å². The number of carbonyl (C=O) groups is 1. The van der Waals surface area contributed by atoms with Crippen molar-refractivity contribution in [2.75, 3.05) is 23.3 Å². The number of thiazole rings is 1. The number of aryl methyl sites for hydroxylation is 1. The van der Waals surface area contributed by atoms with Crippen LogP contribution in [0, 0.1) is 12.7 Å². The van der Waals surface area contributed by atoms with E-state index in [4.69, 9.17) is 4.74 Å². The summed E-state index contributed by atoms with van der Waals surface area (Å²) in [6, 6.07) is 8.89. The van der Waals surface area contributed by atoms with Crippen molar-refractivity contribution in [3.05, 3.63) is 53.2 Å². The van der Waals surface area contributed by atoms with Crippen LogP contribution >= 0.6 is 11.3 Å². The molecule has 0 radical (unpaired) electrons. The second-order valence-electron chi connectivity index (χ2n) is 6.48. The average Bonchev–Trinajstić information content (AvgIpc) is 3.14. The van der Waals surface area contributed by atoms with Gasteiger partial charge in [0.1, 0.15) is 11.6 Å². The summed E-state index contributed by atoms with van der Waals surface area (Å²) in [6.07, 6.45) is 0. The minimum absolute atomic E-state index is 0.00562. The van der Waals surface area contributed by atoms with Crippen LogP contribution < -0.4 is 14.4 Å². The Hall–Kier alpha value is -2.98. The number of ether oxygens (including phenoxy) is 1. The SMILES string of the molecule is Cc1cc(S(=O)(=O)Nc2nc(-c3ccc4c(c3)N(C)C(=O)CO4)cs2)ccc1F. The molecule has 1 aromatic heterocycles. The van der Waals surface area contributed by atoms with Gasteiger partial charge in [-0.1, -0.05) is 0 Å². The van der Waals surface area contributed by atoms with E-state index in [1.165, 1.54) is 24.0 Å². The molecule has 0 aliphatic carbocycles. The number of hydrogen-bond acceptors (Lipinski definition) is 6. The zero-order chi connectivity index (χ0) is 20.8. The lowest BCUT2D eigenvalue weighted by Gasteiger charge is -2.26. The van der Waals surface area contributed by atoms with E-state index in [0.717, 1.165) is 17.4 Å². The Kier molecular flexibility index (Phi) is 4.75. The van der Waals surface area contributed by atoms with Crippen LogP contribution in [-0.2, 0) is 14.8 Å². The zero-order valence-electron chi connectivity index (χ0n) is 15.5. The summed E-state index contributed by atoms with van der Waals surface area (Å²) < 4.78 is 46.4. The molecule has 0 spiro atoms. The molecule has 2 heterocycles. The number of anilines is 2. The van der Waals surface area contributed by atoms with Crippen LogP contribution in [0.2, 0.25) is 0 Å². The highest BCUT2D eigenvalue weighted by atomic mass is 32.2. The number of likely N-dealkylation sites (N-methyl/N-ethyl adjacent to an activating group) is 1. The van der Waals surface area contributed by atoms with Gasteiger partial charge < -0.3 is 9.64 Å². The predicted molar refractivity (Wildman–Crippen MR) is 108 cm³/mol. The van der Waals surface area contributed by atoms with E-state index < -0.39 is 15.8 Å². The molecule has 2 aromatic carbocycles. The van der Waals surface area contributed by atoms with Crippen molar-refractivity contribution in [1.82, 2.24) is 4.98 Å². The number of hydrogen-bond donors (Lipinski definition) is 1. The average molecular weight is 433 g/mol. The van der Waals surface area contributed by atoms with Gasteiger partial charge in [0.05, 0.1) is 16.3 Å². The molecule has 0 saturated heterocycles. The Morgan fingerprint density at radius 3 is 2.79 bits per heavy atom. The van der Waals surface area contributed by atoms with E-state index in [1.54, 1.807) is 30.6 Å². The van der Waals surface area contributed by atoms with Crippen LogP contribution in [0.3, 0.4) is 0 Å². The molecule has 3 aromatic rings. The van der Waals surface area contributed by atoms with Gasteiger partial charge in [0, 0.05) is 18.0 Å². The molecule has 1 aliphatic rings. The smallest absolute Gasteiger partial charge is 0.264 e. The normalized spacial score (nSPS) is 13.8. The first-order valence-corrected chi connectivity index (χ1v) is 10.9. The van der Waals surface area contributed by atoms with Gasteiger partial charge in [-0.3, -0.25) is 9.52 Å². The molecule has 0 saturated carbocycles. The quantitative estimate of drug-likeness (QED) is 0.681. The first-order valence-electron chi connectivity index (χ1n) is 8.53. The third-order valence-electron chi connectivity index (χ3n) is 4.51. The molecule has 29 heavy (non-hydrogen) atoms. The molecule has 1 amide bonds. The van der Waals surface area contributed by atoms with Crippen LogP contribution in [0.4, 0.5) is 15.2 Å². The number of rotatable bonds is 4. The van der Waals surface area contributed by atoms with Crippen molar-refractivity contribution in [3.63, 3.8) is 0 Å². The van der Waals surface area contributed by atoms with Gasteiger partial charge in [-0.15, -0.1) is 11.3 Å². The summed E-state index contributed by atoms with van der Waals surface area (Å²) in [5.74, 6) is -0.0324. The van der Waals surface area contributed by atoms with Crippen LogP contribution in [0.15, 0.2) is 46.7 Å². The molecule has 150 valence electrons. The van der Waals surface area contributed by atoms with Gasteiger partial charge in [-0.2, -0.15) is 0 Å². The van der Waals surface area contributed by atoms with Crippen LogP contribution in [0.5, 0.6) is 5.75 Å². The van der Waals surface area contributed by atoms with E-state index in [9.17, 15) is 17.6 Å². The largest absolute Gasteiger partial charge is 0.482 e. The lowest BCUT2D eigenvalue weighted by Crippen LogP contribution is -2.35. The number of nitrogens with one attached hydrogen (secondary N) is 1. The standard InChI is InChI=1S/C19H16FN3O4S2/c1-11-7-13(4-5-14(11)20)29(25,26)22-19-21-15(10-28-19)12-3-6-17-16(8-12)23(2)18(24)9-27-17/h3-8,10H,9H2,1-2H3,(H,21,22). The van der Waals surface area contributed by atoms with E-state index in [1.807, 2.05) is 0 Å². The van der Waals surface area contributed by atoms with Crippen molar-refractivity contribution in [2.45, 2.75) is 11.8 Å². The van der Waals surface area contributed by atoms with Gasteiger partial charge >= 0.3 is 0 Å². The fourth-order valence-electron chi connectivity index (χ4n) is 2.84. The van der Waals surface area contributed by atoms with E-state index in [0.29, 0.717) is 22.7 Å². The number of aromatic nitrogens is 1. The molecule has 0 fully saturated rings. The second-order valence-corrected chi connectivity index (χ2v) is 9.02. The number of halogens is 1. The van der Waals surface area contributed by atoms with Crippen molar-refractivity contribution in [2.24, 2.45) is 0 Å².